The van der Waals surface area contributed by atoms with Gasteiger partial charge in [0.05, 0.1) is 24.3 Å². The standard InChI is InChI=1S/C57H115N3O3S2/c1-5-9-13-17-23-31-40-54(41-32-24-18-14-10-6-2)58-56(64)44-35-27-21-29-37-46-59(48-39-49-60(50-52-61)51-53-62)47-38-30-22-28-36-45-57(65)63-55(42-33-25-19-15-11-7-3)43-34-26-20-16-12-8-4/h54-55,61-62H,5-53H2,1-4H3,(H,58,64). The number of rotatable bonds is 54. The molecule has 0 aliphatic carbocycles. The molecule has 0 atom stereocenters. The molecule has 0 aromatic rings. The van der Waals surface area contributed by atoms with Crippen LogP contribution in [0, 0.1) is 0 Å². The highest BCUT2D eigenvalue weighted by Crippen LogP contribution is 2.20. The number of nitrogens with one attached hydrogen (secondary N) is 1. The van der Waals surface area contributed by atoms with Gasteiger partial charge in [-0.15, -0.1) is 0 Å². The summed E-state index contributed by atoms with van der Waals surface area (Å²) in [5.41, 5.74) is 0. The van der Waals surface area contributed by atoms with Crippen molar-refractivity contribution < 1.29 is 14.9 Å². The fourth-order valence-electron chi connectivity index (χ4n) is 9.50. The summed E-state index contributed by atoms with van der Waals surface area (Å²) in [6.07, 6.45) is 53.2. The minimum absolute atomic E-state index is 0.152. The minimum Gasteiger partial charge on any atom is -0.484 e. The molecule has 0 unspecified atom stereocenters. The Kier molecular flexibility index (Phi) is 52.7. The molecule has 65 heavy (non-hydrogen) atoms. The van der Waals surface area contributed by atoms with Crippen LogP contribution >= 0.6 is 24.4 Å². The van der Waals surface area contributed by atoms with Gasteiger partial charge in [-0.1, -0.05) is 220 Å². The highest BCUT2D eigenvalue weighted by Gasteiger charge is 2.14. The Bertz CT molecular complexity index is 872. The van der Waals surface area contributed by atoms with E-state index in [1.807, 2.05) is 0 Å². The van der Waals surface area contributed by atoms with Crippen molar-refractivity contribution >= 4 is 34.5 Å². The van der Waals surface area contributed by atoms with Crippen LogP contribution in [0.2, 0.25) is 0 Å². The fraction of sp³-hybridized carbons (Fsp3) is 0.965. The van der Waals surface area contributed by atoms with Gasteiger partial charge < -0.3 is 25.2 Å². The molecule has 0 radical (unpaired) electrons. The number of nitrogens with zero attached hydrogens (tertiary/aromatic N) is 2. The van der Waals surface area contributed by atoms with Crippen molar-refractivity contribution in [2.45, 2.75) is 303 Å². The van der Waals surface area contributed by atoms with Gasteiger partial charge in [0.15, 0.2) is 5.05 Å². The normalized spacial score (nSPS) is 11.8. The topological polar surface area (TPSA) is 68.2 Å². The molecule has 388 valence electrons. The third-order valence-electron chi connectivity index (χ3n) is 13.7. The van der Waals surface area contributed by atoms with Crippen LogP contribution in [0.25, 0.3) is 0 Å². The van der Waals surface area contributed by atoms with Gasteiger partial charge in [0.2, 0.25) is 0 Å². The Morgan fingerprint density at radius 2 is 0.708 bits per heavy atom. The lowest BCUT2D eigenvalue weighted by atomic mass is 9.99. The third-order valence-corrected chi connectivity index (χ3v) is 14.4. The van der Waals surface area contributed by atoms with Gasteiger partial charge in [-0.25, -0.2) is 0 Å². The van der Waals surface area contributed by atoms with E-state index >= 15 is 0 Å². The van der Waals surface area contributed by atoms with Crippen LogP contribution in [-0.4, -0.2) is 94.7 Å². The lowest BCUT2D eigenvalue weighted by molar-refractivity contribution is 0.152. The highest BCUT2D eigenvalue weighted by molar-refractivity contribution is 7.80. The van der Waals surface area contributed by atoms with E-state index < -0.39 is 0 Å². The molecule has 0 fully saturated rings. The molecule has 0 aromatic heterocycles. The molecule has 6 nitrogen and oxygen atoms in total. The molecule has 3 N–H and O–H groups in total. The van der Waals surface area contributed by atoms with Crippen molar-refractivity contribution in [3.63, 3.8) is 0 Å². The van der Waals surface area contributed by atoms with E-state index in [9.17, 15) is 10.2 Å². The highest BCUT2D eigenvalue weighted by atomic mass is 32.1. The molecule has 0 rings (SSSR count). The summed E-state index contributed by atoms with van der Waals surface area (Å²) in [6.45, 7) is 15.1. The van der Waals surface area contributed by atoms with E-state index in [4.69, 9.17) is 29.2 Å². The lowest BCUT2D eigenvalue weighted by Gasteiger charge is -2.25. The van der Waals surface area contributed by atoms with Crippen molar-refractivity contribution in [1.82, 2.24) is 15.1 Å². The zero-order chi connectivity index (χ0) is 47.5. The van der Waals surface area contributed by atoms with E-state index in [-0.39, 0.29) is 13.2 Å². The van der Waals surface area contributed by atoms with Gasteiger partial charge in [-0.05, 0) is 115 Å². The van der Waals surface area contributed by atoms with Gasteiger partial charge in [-0.2, -0.15) is 0 Å². The number of aliphatic hydroxyl groups excluding tert-OH is 2. The average Bonchev–Trinajstić information content (AvgIpc) is 3.29. The van der Waals surface area contributed by atoms with E-state index in [1.165, 1.54) is 251 Å². The number of unbranched alkanes of at least 4 members (excludes halogenated alkanes) is 28. The molecule has 0 amide bonds. The molecule has 0 aliphatic rings. The summed E-state index contributed by atoms with van der Waals surface area (Å²) in [5, 5.41) is 23.7. The van der Waals surface area contributed by atoms with E-state index in [0.29, 0.717) is 25.2 Å². The van der Waals surface area contributed by atoms with E-state index in [0.717, 1.165) is 48.8 Å². The molecule has 0 spiro atoms. The number of ether oxygens (including phenoxy) is 1. The Hall–Kier alpha value is -0.380. The molecule has 0 aliphatic heterocycles. The second kappa shape index (κ2) is 53.0. The first kappa shape index (κ1) is 64.6. The molecule has 0 saturated heterocycles. The van der Waals surface area contributed by atoms with Crippen LogP contribution in [-0.2, 0) is 4.74 Å². The smallest absolute Gasteiger partial charge is 0.160 e. The first-order valence-corrected chi connectivity index (χ1v) is 29.9. The van der Waals surface area contributed by atoms with Crippen LogP contribution in [0.3, 0.4) is 0 Å². The largest absolute Gasteiger partial charge is 0.484 e. The average molecular weight is 955 g/mol. The Labute approximate surface area is 418 Å². The van der Waals surface area contributed by atoms with Gasteiger partial charge in [-0.3, -0.25) is 4.90 Å². The minimum atomic E-state index is 0.152. The van der Waals surface area contributed by atoms with Crippen molar-refractivity contribution in [1.29, 1.82) is 0 Å². The number of aliphatic hydroxyl groups is 2. The SMILES string of the molecule is CCCCCCCCC(CCCCCCCC)NC(=S)CCCCCCCN(CCCCCCCC(=S)OC(CCCCCCCC)CCCCCCCC)CCCN(CCO)CCO. The summed E-state index contributed by atoms with van der Waals surface area (Å²) in [7, 11) is 0. The van der Waals surface area contributed by atoms with Crippen LogP contribution in [0.15, 0.2) is 0 Å². The molecule has 8 heteroatoms. The predicted molar refractivity (Wildman–Crippen MR) is 296 cm³/mol. The molecule has 0 aromatic carbocycles. The quantitative estimate of drug-likeness (QED) is 0.0412. The molecule has 0 bridgehead atoms. The Balaban J connectivity index is 4.69. The lowest BCUT2D eigenvalue weighted by Crippen LogP contribution is -2.34. The summed E-state index contributed by atoms with van der Waals surface area (Å²) in [6, 6.07) is 0.569. The Morgan fingerprint density at radius 1 is 0.385 bits per heavy atom. The number of hydrogen-bond acceptors (Lipinski definition) is 7. The van der Waals surface area contributed by atoms with Gasteiger partial charge in [0.25, 0.3) is 0 Å². The number of thiocarbonyl (C=S) groups is 2. The maximum absolute atomic E-state index is 9.51. The summed E-state index contributed by atoms with van der Waals surface area (Å²) in [5.74, 6) is 0. The summed E-state index contributed by atoms with van der Waals surface area (Å²) >= 11 is 11.7. The predicted octanol–water partition coefficient (Wildman–Crippen LogP) is 16.6. The maximum Gasteiger partial charge on any atom is 0.160 e. The summed E-state index contributed by atoms with van der Waals surface area (Å²) in [4.78, 5) is 6.00. The first-order chi connectivity index (χ1) is 31.9. The van der Waals surface area contributed by atoms with Crippen molar-refractivity contribution in [3.05, 3.63) is 0 Å². The fourth-order valence-corrected chi connectivity index (χ4v) is 10.1. The van der Waals surface area contributed by atoms with Crippen LogP contribution < -0.4 is 5.32 Å². The van der Waals surface area contributed by atoms with Crippen LogP contribution in [0.4, 0.5) is 0 Å². The van der Waals surface area contributed by atoms with E-state index in [1.54, 1.807) is 0 Å². The van der Waals surface area contributed by atoms with Crippen LogP contribution in [0.5, 0.6) is 0 Å². The third kappa shape index (κ3) is 47.1. The van der Waals surface area contributed by atoms with Crippen molar-refractivity contribution in [2.24, 2.45) is 0 Å². The molecular formula is C57H115N3O3S2. The van der Waals surface area contributed by atoms with Crippen molar-refractivity contribution in [2.75, 3.05) is 52.5 Å². The maximum atomic E-state index is 9.51. The van der Waals surface area contributed by atoms with Crippen molar-refractivity contribution in [3.8, 4) is 0 Å². The molecular weight excluding hydrogens is 839 g/mol. The zero-order valence-electron chi connectivity index (χ0n) is 44.3. The second-order valence-corrected chi connectivity index (χ2v) is 21.1. The molecule has 0 heterocycles. The first-order valence-electron chi connectivity index (χ1n) is 29.1. The Morgan fingerprint density at radius 3 is 1.12 bits per heavy atom. The van der Waals surface area contributed by atoms with Crippen LogP contribution in [0.1, 0.15) is 291 Å². The van der Waals surface area contributed by atoms with Gasteiger partial charge >= 0.3 is 0 Å². The summed E-state index contributed by atoms with van der Waals surface area (Å²) < 4.78 is 6.47. The zero-order valence-corrected chi connectivity index (χ0v) is 45.9. The molecule has 0 saturated carbocycles. The number of hydrogen-bond donors (Lipinski definition) is 3. The van der Waals surface area contributed by atoms with Gasteiger partial charge in [0, 0.05) is 25.6 Å². The monoisotopic (exact) mass is 954 g/mol. The van der Waals surface area contributed by atoms with E-state index in [2.05, 4.69) is 42.8 Å². The van der Waals surface area contributed by atoms with Gasteiger partial charge in [0.1, 0.15) is 0 Å². The second-order valence-electron chi connectivity index (χ2n) is 20.1.